The van der Waals surface area contributed by atoms with Crippen molar-refractivity contribution >= 4 is 21.2 Å². The summed E-state index contributed by atoms with van der Waals surface area (Å²) in [6.45, 7) is 1.51. The largest absolute Gasteiger partial charge is 0.391 e. The van der Waals surface area contributed by atoms with Crippen molar-refractivity contribution < 1.29 is 13.5 Å². The second-order valence-electron chi connectivity index (χ2n) is 3.23. The molecule has 0 aliphatic carbocycles. The van der Waals surface area contributed by atoms with Crippen molar-refractivity contribution in [1.82, 2.24) is 4.98 Å². The Kier molecular flexibility index (Phi) is 3.63. The molecule has 0 fully saturated rings. The predicted octanol–water partition coefficient (Wildman–Crippen LogP) is 0.480. The number of nitrogens with zero attached hydrogens (tertiary/aromatic N) is 1. The van der Waals surface area contributed by atoms with E-state index in [1.165, 1.54) is 18.3 Å². The van der Waals surface area contributed by atoms with E-state index in [4.69, 9.17) is 0 Å². The summed E-state index contributed by atoms with van der Waals surface area (Å²) >= 11 is 1.41. The number of rotatable bonds is 4. The van der Waals surface area contributed by atoms with Gasteiger partial charge in [-0.25, -0.2) is 13.4 Å². The molecule has 0 aliphatic heterocycles. The molecular weight excluding hydrogens is 222 g/mol. The fraction of sp³-hybridized carbons (Fsp3) is 0.625. The molecule has 1 rings (SSSR count). The van der Waals surface area contributed by atoms with Gasteiger partial charge in [0.15, 0.2) is 9.84 Å². The first kappa shape index (κ1) is 11.6. The van der Waals surface area contributed by atoms with E-state index in [1.54, 1.807) is 11.6 Å². The van der Waals surface area contributed by atoms with Gasteiger partial charge in [0.25, 0.3) is 0 Å². The summed E-state index contributed by atoms with van der Waals surface area (Å²) in [7, 11) is -3.18. The van der Waals surface area contributed by atoms with Gasteiger partial charge < -0.3 is 5.11 Å². The molecule has 80 valence electrons. The molecule has 14 heavy (non-hydrogen) atoms. The van der Waals surface area contributed by atoms with E-state index in [9.17, 15) is 13.5 Å². The Morgan fingerprint density at radius 3 is 2.71 bits per heavy atom. The highest BCUT2D eigenvalue weighted by Gasteiger charge is 2.24. The van der Waals surface area contributed by atoms with Crippen molar-refractivity contribution in [3.8, 4) is 0 Å². The third-order valence-electron chi connectivity index (χ3n) is 2.08. The standard InChI is InChI=1S/C8H13NO3S2/c1-6(14(2,11)12)7(10)5-8-9-3-4-13-8/h3-4,6-7,10H,5H2,1-2H3. The smallest absolute Gasteiger partial charge is 0.152 e. The maximum absolute atomic E-state index is 11.1. The van der Waals surface area contributed by atoms with Crippen LogP contribution in [0.3, 0.4) is 0 Å². The zero-order valence-corrected chi connectivity index (χ0v) is 9.68. The average Bonchev–Trinajstić information content (AvgIpc) is 2.53. The molecule has 0 saturated heterocycles. The third kappa shape index (κ3) is 3.04. The highest BCUT2D eigenvalue weighted by molar-refractivity contribution is 7.91. The first-order valence-electron chi connectivity index (χ1n) is 4.16. The Hall–Kier alpha value is -0.460. The second kappa shape index (κ2) is 4.37. The third-order valence-corrected chi connectivity index (χ3v) is 4.55. The minimum absolute atomic E-state index is 0.298. The van der Waals surface area contributed by atoms with E-state index in [1.807, 2.05) is 0 Å². The summed E-state index contributed by atoms with van der Waals surface area (Å²) in [5.41, 5.74) is 0. The minimum Gasteiger partial charge on any atom is -0.391 e. The molecule has 2 unspecified atom stereocenters. The van der Waals surface area contributed by atoms with Gasteiger partial charge in [0.2, 0.25) is 0 Å². The number of hydrogen-bond donors (Lipinski definition) is 1. The molecule has 0 aromatic carbocycles. The SMILES string of the molecule is CC(C(O)Cc1nccs1)S(C)(=O)=O. The highest BCUT2D eigenvalue weighted by atomic mass is 32.2. The average molecular weight is 235 g/mol. The van der Waals surface area contributed by atoms with Gasteiger partial charge in [-0.15, -0.1) is 11.3 Å². The fourth-order valence-corrected chi connectivity index (χ4v) is 2.32. The summed E-state index contributed by atoms with van der Waals surface area (Å²) in [6, 6.07) is 0. The summed E-state index contributed by atoms with van der Waals surface area (Å²) < 4.78 is 22.2. The van der Waals surface area contributed by atoms with Crippen molar-refractivity contribution in [2.75, 3.05) is 6.26 Å². The van der Waals surface area contributed by atoms with Gasteiger partial charge in [-0.2, -0.15) is 0 Å². The normalized spacial score (nSPS) is 16.5. The predicted molar refractivity (Wildman–Crippen MR) is 56.1 cm³/mol. The van der Waals surface area contributed by atoms with Crippen molar-refractivity contribution in [1.29, 1.82) is 0 Å². The Morgan fingerprint density at radius 2 is 2.29 bits per heavy atom. The van der Waals surface area contributed by atoms with Gasteiger partial charge in [0, 0.05) is 24.3 Å². The molecule has 4 nitrogen and oxygen atoms in total. The lowest BCUT2D eigenvalue weighted by Crippen LogP contribution is -2.32. The maximum Gasteiger partial charge on any atom is 0.152 e. The zero-order chi connectivity index (χ0) is 10.8. The first-order chi connectivity index (χ1) is 6.41. The van der Waals surface area contributed by atoms with Gasteiger partial charge in [0.1, 0.15) is 0 Å². The molecule has 1 heterocycles. The Balaban J connectivity index is 2.63. The lowest BCUT2D eigenvalue weighted by Gasteiger charge is -2.15. The molecule has 0 spiro atoms. The molecule has 1 aromatic heterocycles. The summed E-state index contributed by atoms with van der Waals surface area (Å²) in [6.07, 6.45) is 2.18. The van der Waals surface area contributed by atoms with Gasteiger partial charge in [-0.3, -0.25) is 0 Å². The van der Waals surface area contributed by atoms with Crippen LogP contribution in [0, 0.1) is 0 Å². The molecule has 0 aliphatic rings. The maximum atomic E-state index is 11.1. The van der Waals surface area contributed by atoms with Crippen LogP contribution in [0.15, 0.2) is 11.6 Å². The molecule has 0 amide bonds. The number of thiazole rings is 1. The van der Waals surface area contributed by atoms with Crippen LogP contribution in [0.1, 0.15) is 11.9 Å². The molecule has 1 aromatic rings. The Labute approximate surface area is 87.5 Å². The molecular formula is C8H13NO3S2. The van der Waals surface area contributed by atoms with Crippen molar-refractivity contribution in [3.05, 3.63) is 16.6 Å². The van der Waals surface area contributed by atoms with Gasteiger partial charge in [0.05, 0.1) is 16.4 Å². The molecule has 0 radical (unpaired) electrons. The molecule has 2 atom stereocenters. The highest BCUT2D eigenvalue weighted by Crippen LogP contribution is 2.12. The van der Waals surface area contributed by atoms with Gasteiger partial charge >= 0.3 is 0 Å². The van der Waals surface area contributed by atoms with E-state index >= 15 is 0 Å². The molecule has 0 saturated carbocycles. The second-order valence-corrected chi connectivity index (χ2v) is 6.61. The number of sulfone groups is 1. The summed E-state index contributed by atoms with van der Waals surface area (Å²) in [4.78, 5) is 3.98. The zero-order valence-electron chi connectivity index (χ0n) is 8.04. The number of aliphatic hydroxyl groups excluding tert-OH is 1. The van der Waals surface area contributed by atoms with E-state index in [-0.39, 0.29) is 0 Å². The monoisotopic (exact) mass is 235 g/mol. The number of aromatic nitrogens is 1. The number of aliphatic hydroxyl groups is 1. The van der Waals surface area contributed by atoms with Gasteiger partial charge in [-0.05, 0) is 6.92 Å². The minimum atomic E-state index is -3.18. The van der Waals surface area contributed by atoms with Crippen molar-refractivity contribution in [2.45, 2.75) is 24.7 Å². The Morgan fingerprint density at radius 1 is 1.64 bits per heavy atom. The molecule has 6 heteroatoms. The topological polar surface area (TPSA) is 67.3 Å². The number of hydrogen-bond acceptors (Lipinski definition) is 5. The van der Waals surface area contributed by atoms with Crippen LogP contribution >= 0.6 is 11.3 Å². The molecule has 0 bridgehead atoms. The van der Waals surface area contributed by atoms with Crippen LogP contribution in [0.4, 0.5) is 0 Å². The molecule has 1 N–H and O–H groups in total. The lowest BCUT2D eigenvalue weighted by molar-refractivity contribution is 0.173. The van der Waals surface area contributed by atoms with Crippen LogP contribution in [-0.4, -0.2) is 36.1 Å². The quantitative estimate of drug-likeness (QED) is 0.824. The summed E-state index contributed by atoms with van der Waals surface area (Å²) in [5, 5.41) is 11.4. The van der Waals surface area contributed by atoms with E-state index in [2.05, 4.69) is 4.98 Å². The first-order valence-corrected chi connectivity index (χ1v) is 7.00. The van der Waals surface area contributed by atoms with Crippen LogP contribution in [-0.2, 0) is 16.3 Å². The van der Waals surface area contributed by atoms with Crippen LogP contribution in [0.25, 0.3) is 0 Å². The van der Waals surface area contributed by atoms with E-state index < -0.39 is 21.2 Å². The summed E-state index contributed by atoms with van der Waals surface area (Å²) in [5.74, 6) is 0. The lowest BCUT2D eigenvalue weighted by atomic mass is 10.2. The van der Waals surface area contributed by atoms with Crippen LogP contribution < -0.4 is 0 Å². The van der Waals surface area contributed by atoms with Crippen LogP contribution in [0.2, 0.25) is 0 Å². The Bertz CT molecular complexity index is 371. The van der Waals surface area contributed by atoms with Crippen molar-refractivity contribution in [2.24, 2.45) is 0 Å². The van der Waals surface area contributed by atoms with E-state index in [0.29, 0.717) is 6.42 Å². The fourth-order valence-electron chi connectivity index (χ4n) is 0.984. The van der Waals surface area contributed by atoms with Gasteiger partial charge in [-0.1, -0.05) is 0 Å². The van der Waals surface area contributed by atoms with Crippen LogP contribution in [0.5, 0.6) is 0 Å². The van der Waals surface area contributed by atoms with E-state index in [0.717, 1.165) is 11.3 Å². The van der Waals surface area contributed by atoms with Crippen molar-refractivity contribution in [3.63, 3.8) is 0 Å².